The molecule has 1 saturated heterocycles. The van der Waals surface area contributed by atoms with Crippen molar-refractivity contribution in [1.82, 2.24) is 5.32 Å². The first-order valence-corrected chi connectivity index (χ1v) is 8.16. The fourth-order valence-corrected chi connectivity index (χ4v) is 2.57. The molecule has 0 aromatic heterocycles. The third-order valence-electron chi connectivity index (χ3n) is 3.52. The second-order valence-corrected chi connectivity index (χ2v) is 9.99. The van der Waals surface area contributed by atoms with Gasteiger partial charge in [0.15, 0.2) is 8.32 Å². The zero-order valence-corrected chi connectivity index (χ0v) is 10.6. The van der Waals surface area contributed by atoms with Gasteiger partial charge in [-0.05, 0) is 30.5 Å². The van der Waals surface area contributed by atoms with Crippen molar-refractivity contribution < 1.29 is 9.59 Å². The fourth-order valence-electron chi connectivity index (χ4n) is 1.78. The smallest absolute Gasteiger partial charge is 0.220 e. The van der Waals surface area contributed by atoms with E-state index in [1.54, 1.807) is 0 Å². The highest BCUT2D eigenvalue weighted by Crippen LogP contribution is 2.42. The van der Waals surface area contributed by atoms with Crippen molar-refractivity contribution in [2.45, 2.75) is 44.8 Å². The van der Waals surface area contributed by atoms with E-state index in [9.17, 15) is 9.59 Å². The Hall–Kier alpha value is -0.353. The molecule has 1 heterocycles. The second-order valence-electron chi connectivity index (χ2n) is 5.52. The summed E-state index contributed by atoms with van der Waals surface area (Å²) in [6.45, 7) is 8.95. The first-order chi connectivity index (χ1) is 6.22. The lowest BCUT2D eigenvalue weighted by atomic mass is 9.95. The average molecular weight is 215 g/mol. The van der Waals surface area contributed by atoms with Crippen molar-refractivity contribution >= 4 is 14.2 Å². The molecular weight excluding hydrogens is 194 g/mol. The predicted octanol–water partition coefficient (Wildman–Crippen LogP) is 1.49. The van der Waals surface area contributed by atoms with E-state index in [0.29, 0.717) is 12.3 Å². The van der Waals surface area contributed by atoms with Gasteiger partial charge >= 0.3 is 0 Å². The van der Waals surface area contributed by atoms with Gasteiger partial charge in [-0.25, -0.2) is 0 Å². The van der Waals surface area contributed by atoms with Crippen molar-refractivity contribution in [3.63, 3.8) is 0 Å². The van der Waals surface area contributed by atoms with Gasteiger partial charge in [0.25, 0.3) is 0 Å². The highest BCUT2D eigenvalue weighted by molar-refractivity contribution is 6.72. The van der Waals surface area contributed by atoms with E-state index in [-0.39, 0.29) is 10.9 Å². The van der Waals surface area contributed by atoms with E-state index in [0.717, 1.165) is 13.0 Å². The molecule has 0 aromatic carbocycles. The summed E-state index contributed by atoms with van der Waals surface area (Å²) in [5, 5.41) is 2.83. The van der Waals surface area contributed by atoms with E-state index < -0.39 is 8.32 Å². The van der Waals surface area contributed by atoms with Gasteiger partial charge in [0.05, 0.1) is 0 Å². The zero-order valence-electron chi connectivity index (χ0n) is 9.55. The van der Waals surface area contributed by atoms with Crippen LogP contribution in [0.4, 0.5) is 0 Å². The molecule has 82 valence electrons. The fraction of sp³-hybridized carbons (Fsp3) is 0.900. The molecule has 0 bridgehead atoms. The third-order valence-corrected chi connectivity index (χ3v) is 7.03. The van der Waals surface area contributed by atoms with Crippen LogP contribution in [-0.4, -0.2) is 25.6 Å². The number of carbonyl (C=O) groups is 1. The summed E-state index contributed by atoms with van der Waals surface area (Å²) in [5.41, 5.74) is 0. The molecule has 0 aromatic rings. The standard InChI is InChI=1S/C10H21NO2Si/c1-10(2,14(3,4)13)6-8-5-9(12)11-7-8/h8,13H,5-7H2,1-4H3,(H,11,12)/t8-/m0/s1. The lowest BCUT2D eigenvalue weighted by Crippen LogP contribution is -2.40. The van der Waals surface area contributed by atoms with Crippen LogP contribution in [0.15, 0.2) is 0 Å². The van der Waals surface area contributed by atoms with Crippen LogP contribution in [0.1, 0.15) is 26.7 Å². The Labute approximate surface area is 87.0 Å². The monoisotopic (exact) mass is 215 g/mol. The second kappa shape index (κ2) is 3.66. The van der Waals surface area contributed by atoms with Crippen molar-refractivity contribution in [1.29, 1.82) is 0 Å². The van der Waals surface area contributed by atoms with Crippen molar-refractivity contribution in [2.24, 2.45) is 5.92 Å². The summed E-state index contributed by atoms with van der Waals surface area (Å²) in [6, 6.07) is 0. The summed E-state index contributed by atoms with van der Waals surface area (Å²) in [5.74, 6) is 0.569. The van der Waals surface area contributed by atoms with E-state index in [2.05, 4.69) is 19.2 Å². The van der Waals surface area contributed by atoms with Gasteiger partial charge in [-0.15, -0.1) is 0 Å². The number of amides is 1. The molecule has 4 heteroatoms. The Balaban J connectivity index is 2.55. The first-order valence-electron chi connectivity index (χ1n) is 5.21. The lowest BCUT2D eigenvalue weighted by Gasteiger charge is -2.36. The Bertz CT molecular complexity index is 233. The summed E-state index contributed by atoms with van der Waals surface area (Å²) in [4.78, 5) is 21.1. The molecule has 0 aliphatic carbocycles. The molecule has 0 radical (unpaired) electrons. The number of rotatable bonds is 3. The lowest BCUT2D eigenvalue weighted by molar-refractivity contribution is -0.119. The maximum atomic E-state index is 11.0. The quantitative estimate of drug-likeness (QED) is 0.701. The number of nitrogens with one attached hydrogen (secondary N) is 1. The van der Waals surface area contributed by atoms with Gasteiger partial charge in [0, 0.05) is 13.0 Å². The molecular formula is C10H21NO2Si. The molecule has 1 aliphatic rings. The van der Waals surface area contributed by atoms with Crippen LogP contribution in [0.25, 0.3) is 0 Å². The van der Waals surface area contributed by atoms with Crippen LogP contribution in [0.3, 0.4) is 0 Å². The molecule has 0 saturated carbocycles. The third kappa shape index (κ3) is 2.57. The molecule has 1 aliphatic heterocycles. The summed E-state index contributed by atoms with van der Waals surface area (Å²) < 4.78 is 0. The largest absolute Gasteiger partial charge is 0.432 e. The minimum Gasteiger partial charge on any atom is -0.432 e. The summed E-state index contributed by atoms with van der Waals surface area (Å²) >= 11 is 0. The van der Waals surface area contributed by atoms with E-state index in [1.807, 2.05) is 13.1 Å². The van der Waals surface area contributed by atoms with Gasteiger partial charge < -0.3 is 10.1 Å². The van der Waals surface area contributed by atoms with Crippen LogP contribution in [0.2, 0.25) is 18.1 Å². The van der Waals surface area contributed by atoms with Gasteiger partial charge in [0.1, 0.15) is 0 Å². The summed E-state index contributed by atoms with van der Waals surface area (Å²) in [7, 11) is -2.11. The van der Waals surface area contributed by atoms with E-state index in [1.165, 1.54) is 0 Å². The minimum atomic E-state index is -2.11. The highest BCUT2D eigenvalue weighted by atomic mass is 28.4. The molecule has 1 atom stereocenters. The number of carbonyl (C=O) groups excluding carboxylic acids is 1. The molecule has 1 fully saturated rings. The van der Waals surface area contributed by atoms with E-state index >= 15 is 0 Å². The number of hydrogen-bond donors (Lipinski definition) is 2. The normalized spacial score (nSPS) is 23.8. The zero-order chi connectivity index (χ0) is 11.0. The Morgan fingerprint density at radius 1 is 1.57 bits per heavy atom. The van der Waals surface area contributed by atoms with Crippen molar-refractivity contribution in [2.75, 3.05) is 6.54 Å². The maximum Gasteiger partial charge on any atom is 0.220 e. The van der Waals surface area contributed by atoms with Gasteiger partial charge in [0.2, 0.25) is 5.91 Å². The highest BCUT2D eigenvalue weighted by Gasteiger charge is 2.40. The topological polar surface area (TPSA) is 49.3 Å². The van der Waals surface area contributed by atoms with Crippen LogP contribution in [-0.2, 0) is 4.79 Å². The summed E-state index contributed by atoms with van der Waals surface area (Å²) in [6.07, 6.45) is 1.58. The van der Waals surface area contributed by atoms with Gasteiger partial charge in [-0.3, -0.25) is 4.79 Å². The first kappa shape index (κ1) is 11.7. The van der Waals surface area contributed by atoms with Crippen LogP contribution in [0, 0.1) is 5.92 Å². The Kier molecular flexibility index (Phi) is 3.06. The molecule has 0 unspecified atom stereocenters. The molecule has 3 nitrogen and oxygen atoms in total. The molecule has 1 amide bonds. The average Bonchev–Trinajstić information content (AvgIpc) is 2.31. The van der Waals surface area contributed by atoms with Crippen LogP contribution < -0.4 is 5.32 Å². The minimum absolute atomic E-state index is 0.00995. The Morgan fingerprint density at radius 2 is 2.14 bits per heavy atom. The van der Waals surface area contributed by atoms with E-state index in [4.69, 9.17) is 0 Å². The number of hydrogen-bond acceptors (Lipinski definition) is 2. The molecule has 14 heavy (non-hydrogen) atoms. The molecule has 0 spiro atoms. The van der Waals surface area contributed by atoms with Crippen molar-refractivity contribution in [3.05, 3.63) is 0 Å². The molecule has 2 N–H and O–H groups in total. The Morgan fingerprint density at radius 3 is 2.50 bits per heavy atom. The van der Waals surface area contributed by atoms with Crippen LogP contribution >= 0.6 is 0 Å². The van der Waals surface area contributed by atoms with Gasteiger partial charge in [-0.1, -0.05) is 13.8 Å². The van der Waals surface area contributed by atoms with Gasteiger partial charge in [-0.2, -0.15) is 0 Å². The van der Waals surface area contributed by atoms with Crippen molar-refractivity contribution in [3.8, 4) is 0 Å². The maximum absolute atomic E-state index is 11.0. The van der Waals surface area contributed by atoms with Crippen LogP contribution in [0.5, 0.6) is 0 Å². The predicted molar refractivity (Wildman–Crippen MR) is 59.5 cm³/mol. The SMILES string of the molecule is CC(C)(C[C@H]1CNC(=O)C1)[Si](C)(C)O. The molecule has 1 rings (SSSR count).